The second-order valence-corrected chi connectivity index (χ2v) is 3.65. The maximum Gasteiger partial charge on any atom is 0.407 e. The topological polar surface area (TPSA) is 58.6 Å². The van der Waals surface area contributed by atoms with Gasteiger partial charge in [0, 0.05) is 6.54 Å². The Balaban J connectivity index is 2.22. The van der Waals surface area contributed by atoms with Crippen LogP contribution in [0.2, 0.25) is 0 Å². The number of rotatable bonds is 5. The standard InChI is InChI=1S/C13H17NO3/c1-11(10-15)7-8-17-13(16)14-9-12-5-3-2-4-6-12/h2-7,15H,8-10H2,1H3,(H,14,16)/b11-7+. The first-order valence-corrected chi connectivity index (χ1v) is 5.43. The minimum atomic E-state index is -0.462. The molecule has 1 aromatic rings. The number of hydrogen-bond donors (Lipinski definition) is 2. The summed E-state index contributed by atoms with van der Waals surface area (Å²) in [7, 11) is 0. The molecule has 4 nitrogen and oxygen atoms in total. The lowest BCUT2D eigenvalue weighted by atomic mass is 10.2. The molecule has 0 aliphatic carbocycles. The Labute approximate surface area is 101 Å². The van der Waals surface area contributed by atoms with Gasteiger partial charge < -0.3 is 15.2 Å². The fourth-order valence-electron chi connectivity index (χ4n) is 1.15. The van der Waals surface area contributed by atoms with Gasteiger partial charge in [-0.1, -0.05) is 30.3 Å². The smallest absolute Gasteiger partial charge is 0.407 e. The summed E-state index contributed by atoms with van der Waals surface area (Å²) in [5.74, 6) is 0. The molecule has 0 bridgehead atoms. The van der Waals surface area contributed by atoms with Crippen molar-refractivity contribution in [3.63, 3.8) is 0 Å². The Hall–Kier alpha value is -1.81. The van der Waals surface area contributed by atoms with Gasteiger partial charge >= 0.3 is 6.09 Å². The molecular formula is C13H17NO3. The van der Waals surface area contributed by atoms with Crippen LogP contribution in [0.25, 0.3) is 0 Å². The number of benzene rings is 1. The minimum absolute atomic E-state index is 0.0189. The van der Waals surface area contributed by atoms with Crippen molar-refractivity contribution < 1.29 is 14.6 Å². The second kappa shape index (κ2) is 7.46. The van der Waals surface area contributed by atoms with E-state index in [1.165, 1.54) is 0 Å². The average Bonchev–Trinajstić information content (AvgIpc) is 2.37. The van der Waals surface area contributed by atoms with E-state index in [0.717, 1.165) is 11.1 Å². The van der Waals surface area contributed by atoms with Gasteiger partial charge in [0.25, 0.3) is 0 Å². The lowest BCUT2D eigenvalue weighted by Gasteiger charge is -2.05. The van der Waals surface area contributed by atoms with Crippen LogP contribution in [0.4, 0.5) is 4.79 Å². The molecule has 0 unspecified atom stereocenters. The summed E-state index contributed by atoms with van der Waals surface area (Å²) in [4.78, 5) is 11.3. The third-order valence-corrected chi connectivity index (χ3v) is 2.18. The van der Waals surface area contributed by atoms with E-state index in [-0.39, 0.29) is 13.2 Å². The normalized spacial score (nSPS) is 11.1. The van der Waals surface area contributed by atoms with Gasteiger partial charge in [0.15, 0.2) is 0 Å². The van der Waals surface area contributed by atoms with E-state index < -0.39 is 6.09 Å². The van der Waals surface area contributed by atoms with Crippen LogP contribution in [0.1, 0.15) is 12.5 Å². The van der Waals surface area contributed by atoms with Gasteiger partial charge in [0.05, 0.1) is 6.61 Å². The van der Waals surface area contributed by atoms with Crippen LogP contribution >= 0.6 is 0 Å². The van der Waals surface area contributed by atoms with Crippen LogP contribution in [-0.4, -0.2) is 24.4 Å². The minimum Gasteiger partial charge on any atom is -0.445 e. The summed E-state index contributed by atoms with van der Waals surface area (Å²) >= 11 is 0. The molecule has 0 saturated carbocycles. The molecule has 0 spiro atoms. The van der Waals surface area contributed by atoms with Crippen molar-refractivity contribution in [3.8, 4) is 0 Å². The number of aliphatic hydroxyl groups excluding tert-OH is 1. The van der Waals surface area contributed by atoms with E-state index in [9.17, 15) is 4.79 Å². The van der Waals surface area contributed by atoms with Crippen LogP contribution in [0, 0.1) is 0 Å². The first-order chi connectivity index (χ1) is 8.22. The van der Waals surface area contributed by atoms with Crippen molar-refractivity contribution in [1.29, 1.82) is 0 Å². The first kappa shape index (κ1) is 13.3. The second-order valence-electron chi connectivity index (χ2n) is 3.65. The molecule has 0 saturated heterocycles. The number of amides is 1. The molecule has 17 heavy (non-hydrogen) atoms. The highest BCUT2D eigenvalue weighted by Gasteiger charge is 2.00. The number of ether oxygens (including phenoxy) is 1. The number of nitrogens with one attached hydrogen (secondary N) is 1. The van der Waals surface area contributed by atoms with Gasteiger partial charge in [-0.15, -0.1) is 0 Å². The van der Waals surface area contributed by atoms with Crippen LogP contribution in [0.5, 0.6) is 0 Å². The predicted octanol–water partition coefficient (Wildman–Crippen LogP) is 1.85. The molecule has 1 rings (SSSR count). The molecular weight excluding hydrogens is 218 g/mol. The van der Waals surface area contributed by atoms with E-state index >= 15 is 0 Å². The third-order valence-electron chi connectivity index (χ3n) is 2.18. The third kappa shape index (κ3) is 5.73. The average molecular weight is 235 g/mol. The number of carbonyl (C=O) groups is 1. The summed E-state index contributed by atoms with van der Waals surface area (Å²) in [6, 6.07) is 9.60. The molecule has 0 aliphatic rings. The first-order valence-electron chi connectivity index (χ1n) is 5.43. The van der Waals surface area contributed by atoms with Crippen molar-refractivity contribution in [1.82, 2.24) is 5.32 Å². The number of carbonyl (C=O) groups excluding carboxylic acids is 1. The number of hydrogen-bond acceptors (Lipinski definition) is 3. The summed E-state index contributed by atoms with van der Waals surface area (Å²) in [5, 5.41) is 11.4. The predicted molar refractivity (Wildman–Crippen MR) is 65.5 cm³/mol. The fraction of sp³-hybridized carbons (Fsp3) is 0.308. The number of alkyl carbamates (subject to hydrolysis) is 1. The Morgan fingerprint density at radius 3 is 2.76 bits per heavy atom. The zero-order chi connectivity index (χ0) is 12.5. The quantitative estimate of drug-likeness (QED) is 0.766. The van der Waals surface area contributed by atoms with Gasteiger partial charge in [-0.05, 0) is 24.1 Å². The van der Waals surface area contributed by atoms with E-state index in [1.54, 1.807) is 13.0 Å². The van der Waals surface area contributed by atoms with Crippen molar-refractivity contribution in [3.05, 3.63) is 47.5 Å². The Morgan fingerprint density at radius 1 is 1.41 bits per heavy atom. The fourth-order valence-corrected chi connectivity index (χ4v) is 1.15. The molecule has 0 aromatic heterocycles. The molecule has 0 radical (unpaired) electrons. The Kier molecular flexibility index (Phi) is 5.82. The van der Waals surface area contributed by atoms with Crippen molar-refractivity contribution in [2.75, 3.05) is 13.2 Å². The van der Waals surface area contributed by atoms with Crippen LogP contribution in [0.3, 0.4) is 0 Å². The maximum atomic E-state index is 11.3. The van der Waals surface area contributed by atoms with Crippen LogP contribution in [0.15, 0.2) is 42.0 Å². The SMILES string of the molecule is C/C(=C\COC(=O)NCc1ccccc1)CO. The van der Waals surface area contributed by atoms with Crippen LogP contribution < -0.4 is 5.32 Å². The molecule has 1 amide bonds. The van der Waals surface area contributed by atoms with E-state index in [0.29, 0.717) is 6.54 Å². The van der Waals surface area contributed by atoms with Crippen molar-refractivity contribution >= 4 is 6.09 Å². The van der Waals surface area contributed by atoms with Crippen molar-refractivity contribution in [2.45, 2.75) is 13.5 Å². The van der Waals surface area contributed by atoms with E-state index in [2.05, 4.69) is 5.32 Å². The lowest BCUT2D eigenvalue weighted by Crippen LogP contribution is -2.23. The summed E-state index contributed by atoms with van der Waals surface area (Å²) < 4.78 is 4.90. The lowest BCUT2D eigenvalue weighted by molar-refractivity contribution is 0.157. The summed E-state index contributed by atoms with van der Waals surface area (Å²) in [6.45, 7) is 2.37. The van der Waals surface area contributed by atoms with Gasteiger partial charge in [-0.2, -0.15) is 0 Å². The molecule has 0 aliphatic heterocycles. The Morgan fingerprint density at radius 2 is 2.12 bits per heavy atom. The molecule has 92 valence electrons. The van der Waals surface area contributed by atoms with Gasteiger partial charge in [0.2, 0.25) is 0 Å². The highest BCUT2D eigenvalue weighted by Crippen LogP contribution is 1.97. The molecule has 0 fully saturated rings. The Bertz CT molecular complexity index is 374. The van der Waals surface area contributed by atoms with Crippen LogP contribution in [-0.2, 0) is 11.3 Å². The van der Waals surface area contributed by atoms with Gasteiger partial charge in [-0.3, -0.25) is 0 Å². The van der Waals surface area contributed by atoms with Crippen molar-refractivity contribution in [2.24, 2.45) is 0 Å². The van der Waals surface area contributed by atoms with E-state index in [4.69, 9.17) is 9.84 Å². The summed E-state index contributed by atoms with van der Waals surface area (Å²) in [5.41, 5.74) is 1.80. The largest absolute Gasteiger partial charge is 0.445 e. The molecule has 0 atom stereocenters. The van der Waals surface area contributed by atoms with E-state index in [1.807, 2.05) is 30.3 Å². The molecule has 1 aromatic carbocycles. The molecule has 4 heteroatoms. The van der Waals surface area contributed by atoms with Gasteiger partial charge in [-0.25, -0.2) is 4.79 Å². The van der Waals surface area contributed by atoms with Gasteiger partial charge in [0.1, 0.15) is 6.61 Å². The monoisotopic (exact) mass is 235 g/mol. The zero-order valence-electron chi connectivity index (χ0n) is 9.85. The highest BCUT2D eigenvalue weighted by molar-refractivity contribution is 5.67. The maximum absolute atomic E-state index is 11.3. The molecule has 0 heterocycles. The summed E-state index contributed by atoms with van der Waals surface area (Å²) in [6.07, 6.45) is 1.21. The number of aliphatic hydroxyl groups is 1. The highest BCUT2D eigenvalue weighted by atomic mass is 16.5. The molecule has 2 N–H and O–H groups in total. The zero-order valence-corrected chi connectivity index (χ0v) is 9.85.